The summed E-state index contributed by atoms with van der Waals surface area (Å²) in [6, 6.07) is 20.3. The van der Waals surface area contributed by atoms with Crippen molar-refractivity contribution in [3.8, 4) is 11.1 Å². The van der Waals surface area contributed by atoms with Crippen LogP contribution in [0.3, 0.4) is 0 Å². The molecule has 3 nitrogen and oxygen atoms in total. The Morgan fingerprint density at radius 1 is 0.864 bits per heavy atom. The Labute approximate surface area is 132 Å². The average molecular weight is 306 g/mol. The maximum Gasteiger partial charge on any atom is 0.275 e. The molecule has 2 aromatic carbocycles. The van der Waals surface area contributed by atoms with E-state index in [1.54, 1.807) is 0 Å². The van der Waals surface area contributed by atoms with Crippen LogP contribution in [0.2, 0.25) is 0 Å². The van der Waals surface area contributed by atoms with Crippen LogP contribution in [0, 0.1) is 0 Å². The molecule has 1 aliphatic carbocycles. The van der Waals surface area contributed by atoms with Crippen molar-refractivity contribution in [2.75, 3.05) is 0 Å². The van der Waals surface area contributed by atoms with Crippen molar-refractivity contribution < 1.29 is 4.79 Å². The lowest BCUT2D eigenvalue weighted by atomic mass is 10.1. The predicted octanol–water partition coefficient (Wildman–Crippen LogP) is 3.75. The quantitative estimate of drug-likeness (QED) is 0.724. The molecule has 4 rings (SSSR count). The van der Waals surface area contributed by atoms with E-state index in [-0.39, 0.29) is 11.9 Å². The number of rotatable bonds is 3. The highest BCUT2D eigenvalue weighted by atomic mass is 32.1. The Hall–Kier alpha value is -2.43. The standard InChI is InChI=1S/C18H14N2OS/c21-18(16-10-5-11-22-16)20-19-17-14-8-3-1-6-12(14)13-7-2-4-9-15(13)17/h1-11,17,19H,(H,20,21). The van der Waals surface area contributed by atoms with Crippen LogP contribution in [0.25, 0.3) is 11.1 Å². The Bertz CT molecular complexity index is 781. The van der Waals surface area contributed by atoms with Gasteiger partial charge in [0.1, 0.15) is 0 Å². The highest BCUT2D eigenvalue weighted by Crippen LogP contribution is 2.42. The molecule has 0 atom stereocenters. The number of fused-ring (bicyclic) bond motifs is 3. The van der Waals surface area contributed by atoms with E-state index in [1.807, 2.05) is 41.8 Å². The third-order valence-electron chi connectivity index (χ3n) is 3.91. The third kappa shape index (κ3) is 2.13. The molecule has 0 spiro atoms. The van der Waals surface area contributed by atoms with Crippen LogP contribution < -0.4 is 10.9 Å². The van der Waals surface area contributed by atoms with Crippen LogP contribution in [-0.2, 0) is 0 Å². The maximum absolute atomic E-state index is 12.1. The molecule has 1 aromatic heterocycles. The molecule has 3 aromatic rings. The van der Waals surface area contributed by atoms with Gasteiger partial charge in [-0.25, -0.2) is 5.43 Å². The van der Waals surface area contributed by atoms with Crippen LogP contribution in [0.5, 0.6) is 0 Å². The Balaban J connectivity index is 1.63. The molecule has 1 heterocycles. The van der Waals surface area contributed by atoms with Crippen molar-refractivity contribution in [3.63, 3.8) is 0 Å². The third-order valence-corrected chi connectivity index (χ3v) is 4.78. The van der Waals surface area contributed by atoms with Crippen molar-refractivity contribution in [3.05, 3.63) is 82.0 Å². The van der Waals surface area contributed by atoms with Gasteiger partial charge in [-0.1, -0.05) is 54.6 Å². The minimum atomic E-state index is -0.100. The summed E-state index contributed by atoms with van der Waals surface area (Å²) in [4.78, 5) is 12.8. The molecule has 0 saturated carbocycles. The van der Waals surface area contributed by atoms with E-state index in [1.165, 1.54) is 33.6 Å². The molecule has 0 fully saturated rings. The number of carbonyl (C=O) groups excluding carboxylic acids is 1. The summed E-state index contributed by atoms with van der Waals surface area (Å²) in [5, 5.41) is 1.90. The monoisotopic (exact) mass is 306 g/mol. The van der Waals surface area contributed by atoms with Crippen molar-refractivity contribution in [1.29, 1.82) is 0 Å². The number of hydrazine groups is 1. The lowest BCUT2D eigenvalue weighted by Gasteiger charge is -2.16. The van der Waals surface area contributed by atoms with Gasteiger partial charge in [-0.2, -0.15) is 0 Å². The first-order valence-corrected chi connectivity index (χ1v) is 8.00. The van der Waals surface area contributed by atoms with Gasteiger partial charge in [0.25, 0.3) is 5.91 Å². The second-order valence-electron chi connectivity index (χ2n) is 5.18. The minimum Gasteiger partial charge on any atom is -0.286 e. The summed E-state index contributed by atoms with van der Waals surface area (Å²) in [7, 11) is 0. The van der Waals surface area contributed by atoms with Crippen molar-refractivity contribution in [2.45, 2.75) is 6.04 Å². The zero-order chi connectivity index (χ0) is 14.9. The molecule has 0 aliphatic heterocycles. The van der Waals surface area contributed by atoms with E-state index in [0.29, 0.717) is 4.88 Å². The molecule has 4 heteroatoms. The highest BCUT2D eigenvalue weighted by Gasteiger charge is 2.28. The highest BCUT2D eigenvalue weighted by molar-refractivity contribution is 7.12. The van der Waals surface area contributed by atoms with E-state index in [0.717, 1.165) is 0 Å². The molecule has 108 valence electrons. The molecule has 0 radical (unpaired) electrons. The average Bonchev–Trinajstić information content (AvgIpc) is 3.20. The molecule has 2 N–H and O–H groups in total. The lowest BCUT2D eigenvalue weighted by Crippen LogP contribution is -2.39. The zero-order valence-corrected chi connectivity index (χ0v) is 12.6. The summed E-state index contributed by atoms with van der Waals surface area (Å²) in [5.41, 5.74) is 10.8. The summed E-state index contributed by atoms with van der Waals surface area (Å²) in [6.07, 6.45) is 0. The first-order chi connectivity index (χ1) is 10.8. The SMILES string of the molecule is O=C(NNC1c2ccccc2-c2ccccc21)c1cccs1. The topological polar surface area (TPSA) is 41.1 Å². The smallest absolute Gasteiger partial charge is 0.275 e. The number of nitrogens with one attached hydrogen (secondary N) is 2. The van der Waals surface area contributed by atoms with Crippen LogP contribution in [0.4, 0.5) is 0 Å². The number of thiophene rings is 1. The lowest BCUT2D eigenvalue weighted by molar-refractivity contribution is 0.0932. The summed E-state index contributed by atoms with van der Waals surface area (Å²) < 4.78 is 0. The molecule has 1 aliphatic rings. The van der Waals surface area contributed by atoms with Crippen LogP contribution in [0.15, 0.2) is 66.0 Å². The number of amides is 1. The Morgan fingerprint density at radius 2 is 1.50 bits per heavy atom. The van der Waals surface area contributed by atoms with E-state index in [2.05, 4.69) is 35.1 Å². The molecular formula is C18H14N2OS. The number of hydrogen-bond donors (Lipinski definition) is 2. The van der Waals surface area contributed by atoms with Crippen molar-refractivity contribution >= 4 is 17.2 Å². The van der Waals surface area contributed by atoms with Gasteiger partial charge in [0, 0.05) is 0 Å². The molecule has 22 heavy (non-hydrogen) atoms. The molecule has 0 unspecified atom stereocenters. The van der Waals surface area contributed by atoms with Crippen LogP contribution in [-0.4, -0.2) is 5.91 Å². The van der Waals surface area contributed by atoms with Crippen LogP contribution in [0.1, 0.15) is 26.8 Å². The van der Waals surface area contributed by atoms with E-state index >= 15 is 0 Å². The van der Waals surface area contributed by atoms with Gasteiger partial charge in [-0.05, 0) is 33.7 Å². The Morgan fingerprint density at radius 3 is 2.09 bits per heavy atom. The van der Waals surface area contributed by atoms with Gasteiger partial charge in [0.05, 0.1) is 10.9 Å². The summed E-state index contributed by atoms with van der Waals surface area (Å²) in [6.45, 7) is 0. The normalized spacial score (nSPS) is 12.7. The van der Waals surface area contributed by atoms with Gasteiger partial charge < -0.3 is 0 Å². The minimum absolute atomic E-state index is 0.0173. The molecule has 1 amide bonds. The largest absolute Gasteiger partial charge is 0.286 e. The van der Waals surface area contributed by atoms with E-state index < -0.39 is 0 Å². The van der Waals surface area contributed by atoms with Gasteiger partial charge in [0.2, 0.25) is 0 Å². The van der Waals surface area contributed by atoms with Gasteiger partial charge in [-0.3, -0.25) is 10.2 Å². The van der Waals surface area contributed by atoms with E-state index in [9.17, 15) is 4.79 Å². The first-order valence-electron chi connectivity index (χ1n) is 7.12. The fraction of sp³-hybridized carbons (Fsp3) is 0.0556. The number of carbonyl (C=O) groups is 1. The molecule has 0 bridgehead atoms. The fourth-order valence-electron chi connectivity index (χ4n) is 2.92. The maximum atomic E-state index is 12.1. The van der Waals surface area contributed by atoms with Gasteiger partial charge in [-0.15, -0.1) is 11.3 Å². The molecule has 0 saturated heterocycles. The second-order valence-corrected chi connectivity index (χ2v) is 6.13. The number of hydrogen-bond acceptors (Lipinski definition) is 3. The summed E-state index contributed by atoms with van der Waals surface area (Å²) in [5.74, 6) is -0.100. The zero-order valence-electron chi connectivity index (χ0n) is 11.7. The Kier molecular flexibility index (Phi) is 3.25. The van der Waals surface area contributed by atoms with E-state index in [4.69, 9.17) is 0 Å². The fourth-order valence-corrected chi connectivity index (χ4v) is 3.54. The predicted molar refractivity (Wildman–Crippen MR) is 88.6 cm³/mol. The van der Waals surface area contributed by atoms with Crippen molar-refractivity contribution in [1.82, 2.24) is 10.9 Å². The first kappa shape index (κ1) is 13.2. The molecular weight excluding hydrogens is 292 g/mol. The summed E-state index contributed by atoms with van der Waals surface area (Å²) >= 11 is 1.43. The van der Waals surface area contributed by atoms with Crippen LogP contribution >= 0.6 is 11.3 Å². The number of benzene rings is 2. The van der Waals surface area contributed by atoms with Gasteiger partial charge in [0.15, 0.2) is 0 Å². The van der Waals surface area contributed by atoms with Gasteiger partial charge >= 0.3 is 0 Å². The van der Waals surface area contributed by atoms with Crippen molar-refractivity contribution in [2.24, 2.45) is 0 Å². The second kappa shape index (κ2) is 5.40.